The summed E-state index contributed by atoms with van der Waals surface area (Å²) in [7, 11) is 1.69. The second-order valence-electron chi connectivity index (χ2n) is 4.03. The van der Waals surface area contributed by atoms with Gasteiger partial charge >= 0.3 is 0 Å². The van der Waals surface area contributed by atoms with Gasteiger partial charge in [0.15, 0.2) is 0 Å². The number of nitrogens with two attached hydrogens (primary N) is 1. The number of rotatable bonds is 4. The van der Waals surface area contributed by atoms with Gasteiger partial charge in [-0.3, -0.25) is 0 Å². The molecule has 1 rings (SSSR count). The molecule has 0 aliphatic carbocycles. The van der Waals surface area contributed by atoms with E-state index in [1.165, 1.54) is 0 Å². The van der Waals surface area contributed by atoms with Gasteiger partial charge in [0.25, 0.3) is 0 Å². The van der Waals surface area contributed by atoms with Crippen molar-refractivity contribution in [1.82, 2.24) is 0 Å². The summed E-state index contributed by atoms with van der Waals surface area (Å²) in [6, 6.07) is 7.49. The lowest BCUT2D eigenvalue weighted by Crippen LogP contribution is -2.32. The van der Waals surface area contributed by atoms with E-state index in [-0.39, 0.29) is 12.1 Å². The highest BCUT2D eigenvalue weighted by Crippen LogP contribution is 2.23. The van der Waals surface area contributed by atoms with Crippen molar-refractivity contribution >= 4 is 11.6 Å². The van der Waals surface area contributed by atoms with Crippen LogP contribution in [0.15, 0.2) is 24.3 Å². The molecule has 0 saturated heterocycles. The van der Waals surface area contributed by atoms with Crippen LogP contribution in [-0.2, 0) is 4.74 Å². The lowest BCUT2D eigenvalue weighted by Gasteiger charge is -2.26. The highest BCUT2D eigenvalue weighted by atomic mass is 35.5. The summed E-state index contributed by atoms with van der Waals surface area (Å²) in [6.07, 6.45) is 0.0171. The molecule has 84 valence electrons. The van der Waals surface area contributed by atoms with Crippen LogP contribution >= 0.6 is 11.6 Å². The molecule has 0 spiro atoms. The molecule has 2 unspecified atom stereocenters. The van der Waals surface area contributed by atoms with Crippen molar-refractivity contribution < 1.29 is 4.74 Å². The normalized spacial score (nSPS) is 15.3. The van der Waals surface area contributed by atoms with Gasteiger partial charge < -0.3 is 10.5 Å². The Kier molecular flexibility index (Phi) is 4.58. The van der Waals surface area contributed by atoms with Gasteiger partial charge in [-0.2, -0.15) is 0 Å². The number of benzene rings is 1. The standard InChI is InChI=1S/C12H18ClNO/c1-8(2)12(15-3)11(14)9-5-4-6-10(13)7-9/h4-8,11-12H,14H2,1-3H3. The second kappa shape index (κ2) is 5.50. The summed E-state index contributed by atoms with van der Waals surface area (Å²) >= 11 is 5.92. The Morgan fingerprint density at radius 1 is 1.33 bits per heavy atom. The van der Waals surface area contributed by atoms with Gasteiger partial charge in [0.2, 0.25) is 0 Å². The highest BCUT2D eigenvalue weighted by Gasteiger charge is 2.22. The molecule has 0 radical (unpaired) electrons. The van der Waals surface area contributed by atoms with Gasteiger partial charge in [-0.25, -0.2) is 0 Å². The van der Waals surface area contributed by atoms with Crippen LogP contribution in [0.5, 0.6) is 0 Å². The van der Waals surface area contributed by atoms with Crippen molar-refractivity contribution in [3.8, 4) is 0 Å². The average molecular weight is 228 g/mol. The highest BCUT2D eigenvalue weighted by molar-refractivity contribution is 6.30. The zero-order valence-electron chi connectivity index (χ0n) is 9.41. The first kappa shape index (κ1) is 12.5. The summed E-state index contributed by atoms with van der Waals surface area (Å²) in [4.78, 5) is 0. The zero-order chi connectivity index (χ0) is 11.4. The third-order valence-electron chi connectivity index (χ3n) is 2.52. The smallest absolute Gasteiger partial charge is 0.0786 e. The van der Waals surface area contributed by atoms with E-state index in [1.807, 2.05) is 24.3 Å². The van der Waals surface area contributed by atoms with Crippen LogP contribution in [0.4, 0.5) is 0 Å². The molecule has 0 bridgehead atoms. The largest absolute Gasteiger partial charge is 0.379 e. The first-order chi connectivity index (χ1) is 7.06. The van der Waals surface area contributed by atoms with Gasteiger partial charge in [-0.05, 0) is 23.6 Å². The molecule has 0 saturated carbocycles. The first-order valence-corrected chi connectivity index (χ1v) is 5.48. The van der Waals surface area contributed by atoms with Crippen molar-refractivity contribution in [2.45, 2.75) is 26.0 Å². The minimum atomic E-state index is -0.131. The van der Waals surface area contributed by atoms with E-state index in [0.29, 0.717) is 10.9 Å². The fraction of sp³-hybridized carbons (Fsp3) is 0.500. The molecule has 1 aromatic carbocycles. The molecule has 2 atom stereocenters. The Hall–Kier alpha value is -0.570. The third kappa shape index (κ3) is 3.20. The molecule has 0 aliphatic heterocycles. The van der Waals surface area contributed by atoms with Gasteiger partial charge in [-0.15, -0.1) is 0 Å². The van der Waals surface area contributed by atoms with Crippen LogP contribution < -0.4 is 5.73 Å². The summed E-state index contributed by atoms with van der Waals surface area (Å²) in [5.74, 6) is 0.379. The van der Waals surface area contributed by atoms with Crippen LogP contribution in [0.1, 0.15) is 25.5 Å². The molecule has 3 heteroatoms. The number of hydrogen-bond acceptors (Lipinski definition) is 2. The zero-order valence-corrected chi connectivity index (χ0v) is 10.2. The van der Waals surface area contributed by atoms with Gasteiger partial charge in [0.1, 0.15) is 0 Å². The Balaban J connectivity index is 2.87. The van der Waals surface area contributed by atoms with Gasteiger partial charge in [0, 0.05) is 12.1 Å². The van der Waals surface area contributed by atoms with Crippen LogP contribution in [-0.4, -0.2) is 13.2 Å². The third-order valence-corrected chi connectivity index (χ3v) is 2.75. The second-order valence-corrected chi connectivity index (χ2v) is 4.46. The molecule has 2 nitrogen and oxygen atoms in total. The number of ether oxygens (including phenoxy) is 1. The number of methoxy groups -OCH3 is 1. The maximum Gasteiger partial charge on any atom is 0.0786 e. The Morgan fingerprint density at radius 2 is 2.00 bits per heavy atom. The summed E-state index contributed by atoms with van der Waals surface area (Å²) in [5.41, 5.74) is 7.15. The molecule has 0 fully saturated rings. The van der Waals surface area contributed by atoms with E-state index in [1.54, 1.807) is 7.11 Å². The minimum absolute atomic E-state index is 0.0171. The van der Waals surface area contributed by atoms with Gasteiger partial charge in [0.05, 0.1) is 12.1 Å². The molecular formula is C12H18ClNO. The maximum atomic E-state index is 6.14. The average Bonchev–Trinajstić information content (AvgIpc) is 2.18. The Morgan fingerprint density at radius 3 is 2.47 bits per heavy atom. The SMILES string of the molecule is COC(C(C)C)C(N)c1cccc(Cl)c1. The molecule has 15 heavy (non-hydrogen) atoms. The summed E-state index contributed by atoms with van der Waals surface area (Å²) in [5, 5.41) is 0.710. The van der Waals surface area contributed by atoms with E-state index < -0.39 is 0 Å². The minimum Gasteiger partial charge on any atom is -0.379 e. The summed E-state index contributed by atoms with van der Waals surface area (Å²) < 4.78 is 5.40. The van der Waals surface area contributed by atoms with E-state index >= 15 is 0 Å². The molecule has 0 heterocycles. The van der Waals surface area contributed by atoms with E-state index in [4.69, 9.17) is 22.1 Å². The Labute approximate surface area is 96.4 Å². The first-order valence-electron chi connectivity index (χ1n) is 5.10. The fourth-order valence-corrected chi connectivity index (χ4v) is 1.94. The van der Waals surface area contributed by atoms with Crippen LogP contribution in [0, 0.1) is 5.92 Å². The van der Waals surface area contributed by atoms with Crippen molar-refractivity contribution in [3.05, 3.63) is 34.9 Å². The maximum absolute atomic E-state index is 6.14. The van der Waals surface area contributed by atoms with E-state index in [9.17, 15) is 0 Å². The van der Waals surface area contributed by atoms with Crippen molar-refractivity contribution in [1.29, 1.82) is 0 Å². The number of hydrogen-bond donors (Lipinski definition) is 1. The molecule has 0 amide bonds. The number of halogens is 1. The topological polar surface area (TPSA) is 35.2 Å². The quantitative estimate of drug-likeness (QED) is 0.858. The summed E-state index contributed by atoms with van der Waals surface area (Å²) in [6.45, 7) is 4.19. The molecular weight excluding hydrogens is 210 g/mol. The van der Waals surface area contributed by atoms with Crippen molar-refractivity contribution in [2.24, 2.45) is 11.7 Å². The van der Waals surface area contributed by atoms with Crippen molar-refractivity contribution in [3.63, 3.8) is 0 Å². The van der Waals surface area contributed by atoms with Gasteiger partial charge in [-0.1, -0.05) is 37.6 Å². The molecule has 1 aromatic rings. The Bertz CT molecular complexity index is 314. The molecule has 2 N–H and O–H groups in total. The monoisotopic (exact) mass is 227 g/mol. The van der Waals surface area contributed by atoms with Crippen LogP contribution in [0.3, 0.4) is 0 Å². The lowest BCUT2D eigenvalue weighted by atomic mass is 9.94. The van der Waals surface area contributed by atoms with E-state index in [0.717, 1.165) is 5.56 Å². The molecule has 0 aromatic heterocycles. The fourth-order valence-electron chi connectivity index (χ4n) is 1.74. The van der Waals surface area contributed by atoms with E-state index in [2.05, 4.69) is 13.8 Å². The van der Waals surface area contributed by atoms with Crippen LogP contribution in [0.25, 0.3) is 0 Å². The predicted octanol–water partition coefficient (Wildman–Crippen LogP) is 3.01. The lowest BCUT2D eigenvalue weighted by molar-refractivity contribution is 0.0437. The molecule has 0 aliphatic rings. The van der Waals surface area contributed by atoms with Crippen molar-refractivity contribution in [2.75, 3.05) is 7.11 Å². The van der Waals surface area contributed by atoms with Crippen LogP contribution in [0.2, 0.25) is 5.02 Å². The predicted molar refractivity (Wildman–Crippen MR) is 64.0 cm³/mol.